The summed E-state index contributed by atoms with van der Waals surface area (Å²) >= 11 is 0. The van der Waals surface area contributed by atoms with Gasteiger partial charge >= 0.3 is 0 Å². The maximum Gasteiger partial charge on any atom is 0.0334 e. The van der Waals surface area contributed by atoms with Gasteiger partial charge in [-0.1, -0.05) is 6.42 Å². The number of likely N-dealkylation sites (N-methyl/N-ethyl adjacent to an activating group) is 1. The molecule has 0 aromatic carbocycles. The van der Waals surface area contributed by atoms with Crippen molar-refractivity contribution in [3.63, 3.8) is 0 Å². The van der Waals surface area contributed by atoms with Crippen LogP contribution in [0.4, 0.5) is 0 Å². The number of hydrogen-bond donors (Lipinski definition) is 1. The smallest absolute Gasteiger partial charge is 0.0334 e. The summed E-state index contributed by atoms with van der Waals surface area (Å²) in [6.07, 6.45) is 7.13. The molecule has 0 radical (unpaired) electrons. The Labute approximate surface area is 75.3 Å². The molecule has 2 heteroatoms. The minimum Gasteiger partial charge on any atom is -0.318 e. The van der Waals surface area contributed by atoms with Gasteiger partial charge in [-0.3, -0.25) is 4.90 Å². The lowest BCUT2D eigenvalue weighted by Gasteiger charge is -2.42. The Morgan fingerprint density at radius 2 is 1.92 bits per heavy atom. The molecule has 70 valence electrons. The molecule has 0 aromatic heterocycles. The zero-order chi connectivity index (χ0) is 8.44. The summed E-state index contributed by atoms with van der Waals surface area (Å²) in [6.45, 7) is 3.90. The SMILES string of the molecule is CNC[C@]12CCCCN1CCC2. The molecule has 2 aliphatic rings. The fourth-order valence-electron chi connectivity index (χ4n) is 3.00. The second-order valence-electron chi connectivity index (χ2n) is 4.30. The van der Waals surface area contributed by atoms with Gasteiger partial charge in [-0.05, 0) is 45.8 Å². The predicted molar refractivity (Wildman–Crippen MR) is 51.3 cm³/mol. The molecule has 0 aliphatic carbocycles. The van der Waals surface area contributed by atoms with Crippen molar-refractivity contribution in [1.29, 1.82) is 0 Å². The van der Waals surface area contributed by atoms with Gasteiger partial charge in [0.05, 0.1) is 0 Å². The molecule has 12 heavy (non-hydrogen) atoms. The molecule has 0 aromatic rings. The average Bonchev–Trinajstić information content (AvgIpc) is 2.48. The van der Waals surface area contributed by atoms with Crippen molar-refractivity contribution in [2.24, 2.45) is 0 Å². The lowest BCUT2D eigenvalue weighted by Crippen LogP contribution is -2.52. The first kappa shape index (κ1) is 8.52. The van der Waals surface area contributed by atoms with Crippen molar-refractivity contribution in [3.05, 3.63) is 0 Å². The summed E-state index contributed by atoms with van der Waals surface area (Å²) < 4.78 is 0. The van der Waals surface area contributed by atoms with Gasteiger partial charge in [0.1, 0.15) is 0 Å². The van der Waals surface area contributed by atoms with Crippen LogP contribution in [0.15, 0.2) is 0 Å². The predicted octanol–water partition coefficient (Wildman–Crippen LogP) is 1.22. The van der Waals surface area contributed by atoms with Crippen LogP contribution in [0.5, 0.6) is 0 Å². The summed E-state index contributed by atoms with van der Waals surface area (Å²) in [5.74, 6) is 0. The Hall–Kier alpha value is -0.0800. The summed E-state index contributed by atoms with van der Waals surface area (Å²) in [5, 5.41) is 3.36. The van der Waals surface area contributed by atoms with Crippen LogP contribution in [0.1, 0.15) is 32.1 Å². The average molecular weight is 168 g/mol. The van der Waals surface area contributed by atoms with Gasteiger partial charge in [0.15, 0.2) is 0 Å². The third kappa shape index (κ3) is 1.27. The molecule has 0 spiro atoms. The molecule has 1 atom stereocenters. The molecular weight excluding hydrogens is 148 g/mol. The first-order chi connectivity index (χ1) is 5.87. The lowest BCUT2D eigenvalue weighted by molar-refractivity contribution is 0.0910. The van der Waals surface area contributed by atoms with E-state index in [2.05, 4.69) is 17.3 Å². The highest BCUT2D eigenvalue weighted by Crippen LogP contribution is 2.36. The van der Waals surface area contributed by atoms with Crippen molar-refractivity contribution in [2.75, 3.05) is 26.7 Å². The third-order valence-corrected chi connectivity index (χ3v) is 3.57. The summed E-state index contributed by atoms with van der Waals surface area (Å²) in [4.78, 5) is 2.72. The van der Waals surface area contributed by atoms with Crippen molar-refractivity contribution in [3.8, 4) is 0 Å². The van der Waals surface area contributed by atoms with E-state index in [1.165, 1.54) is 51.7 Å². The van der Waals surface area contributed by atoms with E-state index in [-0.39, 0.29) is 0 Å². The van der Waals surface area contributed by atoms with Crippen molar-refractivity contribution < 1.29 is 0 Å². The van der Waals surface area contributed by atoms with E-state index in [1.807, 2.05) is 0 Å². The number of piperidine rings is 1. The molecule has 1 N–H and O–H groups in total. The second-order valence-corrected chi connectivity index (χ2v) is 4.30. The topological polar surface area (TPSA) is 15.3 Å². The zero-order valence-corrected chi connectivity index (χ0v) is 8.10. The highest BCUT2D eigenvalue weighted by Gasteiger charge is 2.41. The first-order valence-electron chi connectivity index (χ1n) is 5.27. The minimum absolute atomic E-state index is 0.562. The number of fused-ring (bicyclic) bond motifs is 1. The molecule has 2 heterocycles. The quantitative estimate of drug-likeness (QED) is 0.667. The van der Waals surface area contributed by atoms with Crippen molar-refractivity contribution in [2.45, 2.75) is 37.6 Å². The van der Waals surface area contributed by atoms with Crippen LogP contribution in [0.2, 0.25) is 0 Å². The van der Waals surface area contributed by atoms with E-state index in [1.54, 1.807) is 0 Å². The van der Waals surface area contributed by atoms with Gasteiger partial charge in [-0.25, -0.2) is 0 Å². The van der Waals surface area contributed by atoms with Crippen LogP contribution in [-0.4, -0.2) is 37.1 Å². The molecule has 2 rings (SSSR count). The molecule has 2 aliphatic heterocycles. The molecular formula is C10H20N2. The Morgan fingerprint density at radius 3 is 2.75 bits per heavy atom. The summed E-state index contributed by atoms with van der Waals surface area (Å²) in [6, 6.07) is 0. The van der Waals surface area contributed by atoms with Gasteiger partial charge in [0.2, 0.25) is 0 Å². The van der Waals surface area contributed by atoms with Gasteiger partial charge in [-0.2, -0.15) is 0 Å². The van der Waals surface area contributed by atoms with Crippen LogP contribution in [0.25, 0.3) is 0 Å². The number of rotatable bonds is 2. The molecule has 0 unspecified atom stereocenters. The Bertz CT molecular complexity index is 154. The van der Waals surface area contributed by atoms with Gasteiger partial charge in [0.25, 0.3) is 0 Å². The standard InChI is InChI=1S/C10H20N2/c1-11-9-10-5-2-3-7-12(10)8-4-6-10/h11H,2-9H2,1H3/t10-/m1/s1. The van der Waals surface area contributed by atoms with Gasteiger partial charge in [0, 0.05) is 12.1 Å². The number of nitrogens with one attached hydrogen (secondary N) is 1. The van der Waals surface area contributed by atoms with E-state index >= 15 is 0 Å². The molecule has 0 amide bonds. The van der Waals surface area contributed by atoms with E-state index < -0.39 is 0 Å². The monoisotopic (exact) mass is 168 g/mol. The minimum atomic E-state index is 0.562. The van der Waals surface area contributed by atoms with Crippen molar-refractivity contribution >= 4 is 0 Å². The fraction of sp³-hybridized carbons (Fsp3) is 1.00. The Balaban J connectivity index is 2.06. The van der Waals surface area contributed by atoms with Crippen LogP contribution < -0.4 is 5.32 Å². The molecule has 0 saturated carbocycles. The highest BCUT2D eigenvalue weighted by molar-refractivity contribution is 4.99. The number of hydrogen-bond acceptors (Lipinski definition) is 2. The molecule has 0 bridgehead atoms. The normalized spacial score (nSPS) is 36.8. The Kier molecular flexibility index (Phi) is 2.37. The van der Waals surface area contributed by atoms with E-state index in [0.717, 1.165) is 0 Å². The third-order valence-electron chi connectivity index (χ3n) is 3.57. The first-order valence-corrected chi connectivity index (χ1v) is 5.27. The summed E-state index contributed by atoms with van der Waals surface area (Å²) in [7, 11) is 2.08. The molecule has 2 fully saturated rings. The fourth-order valence-corrected chi connectivity index (χ4v) is 3.00. The number of nitrogens with zero attached hydrogens (tertiary/aromatic N) is 1. The Morgan fingerprint density at radius 1 is 1.17 bits per heavy atom. The molecule has 2 saturated heterocycles. The second kappa shape index (κ2) is 3.35. The van der Waals surface area contributed by atoms with E-state index in [0.29, 0.717) is 5.54 Å². The van der Waals surface area contributed by atoms with Gasteiger partial charge < -0.3 is 5.32 Å². The van der Waals surface area contributed by atoms with Crippen LogP contribution >= 0.6 is 0 Å². The highest BCUT2D eigenvalue weighted by atomic mass is 15.2. The molecule has 2 nitrogen and oxygen atoms in total. The van der Waals surface area contributed by atoms with E-state index in [9.17, 15) is 0 Å². The van der Waals surface area contributed by atoms with Crippen LogP contribution in [0.3, 0.4) is 0 Å². The van der Waals surface area contributed by atoms with Gasteiger partial charge in [-0.15, -0.1) is 0 Å². The van der Waals surface area contributed by atoms with Crippen LogP contribution in [0, 0.1) is 0 Å². The maximum absolute atomic E-state index is 3.36. The zero-order valence-electron chi connectivity index (χ0n) is 8.10. The van der Waals surface area contributed by atoms with Crippen LogP contribution in [-0.2, 0) is 0 Å². The lowest BCUT2D eigenvalue weighted by atomic mass is 9.86. The largest absolute Gasteiger partial charge is 0.318 e. The summed E-state index contributed by atoms with van der Waals surface area (Å²) in [5.41, 5.74) is 0.562. The van der Waals surface area contributed by atoms with E-state index in [4.69, 9.17) is 0 Å². The van der Waals surface area contributed by atoms with Crippen molar-refractivity contribution in [1.82, 2.24) is 10.2 Å². The maximum atomic E-state index is 3.36.